The number of rotatable bonds is 6. The van der Waals surface area contributed by atoms with E-state index in [2.05, 4.69) is 27.1 Å². The number of fused-ring (bicyclic) bond motifs is 2. The standard InChI is InChI=1S/C16H26N4O/c1-3-9-20(14-10-12-5-6-13(11-14)18-12)16-17-8-7-15(19-16)21-4-2/h7-8,12-14,18H,3-6,9-11H2,1-2H3. The third-order valence-electron chi connectivity index (χ3n) is 4.52. The number of hydrogen-bond acceptors (Lipinski definition) is 5. The van der Waals surface area contributed by atoms with Crippen LogP contribution in [0.2, 0.25) is 0 Å². The molecule has 1 aromatic heterocycles. The van der Waals surface area contributed by atoms with Crippen LogP contribution in [0.15, 0.2) is 12.3 Å². The second-order valence-electron chi connectivity index (χ2n) is 6.08. The number of piperidine rings is 1. The highest BCUT2D eigenvalue weighted by atomic mass is 16.5. The number of ether oxygens (including phenoxy) is 1. The summed E-state index contributed by atoms with van der Waals surface area (Å²) in [6, 6.07) is 3.76. The molecule has 3 rings (SSSR count). The minimum Gasteiger partial charge on any atom is -0.478 e. The summed E-state index contributed by atoms with van der Waals surface area (Å²) in [4.78, 5) is 11.5. The first-order valence-corrected chi connectivity index (χ1v) is 8.28. The Morgan fingerprint density at radius 2 is 2.05 bits per heavy atom. The molecule has 0 saturated carbocycles. The van der Waals surface area contributed by atoms with Gasteiger partial charge < -0.3 is 15.0 Å². The van der Waals surface area contributed by atoms with Crippen molar-refractivity contribution in [3.8, 4) is 5.88 Å². The lowest BCUT2D eigenvalue weighted by Gasteiger charge is -2.37. The number of aromatic nitrogens is 2. The largest absolute Gasteiger partial charge is 0.478 e. The zero-order valence-corrected chi connectivity index (χ0v) is 13.1. The van der Waals surface area contributed by atoms with Crippen LogP contribution in [-0.2, 0) is 0 Å². The van der Waals surface area contributed by atoms with Gasteiger partial charge in [0.15, 0.2) is 0 Å². The van der Waals surface area contributed by atoms with E-state index in [1.165, 1.54) is 25.7 Å². The van der Waals surface area contributed by atoms with Crippen molar-refractivity contribution in [3.63, 3.8) is 0 Å². The smallest absolute Gasteiger partial charge is 0.228 e. The fourth-order valence-corrected chi connectivity index (χ4v) is 3.67. The molecule has 21 heavy (non-hydrogen) atoms. The van der Waals surface area contributed by atoms with Crippen molar-refractivity contribution in [3.05, 3.63) is 12.3 Å². The summed E-state index contributed by atoms with van der Waals surface area (Å²) >= 11 is 0. The number of nitrogens with zero attached hydrogens (tertiary/aromatic N) is 3. The molecule has 2 saturated heterocycles. The molecule has 0 spiro atoms. The summed E-state index contributed by atoms with van der Waals surface area (Å²) in [5.74, 6) is 1.51. The van der Waals surface area contributed by atoms with Crippen LogP contribution >= 0.6 is 0 Å². The molecule has 3 heterocycles. The van der Waals surface area contributed by atoms with Gasteiger partial charge in [-0.2, -0.15) is 4.98 Å². The minimum atomic E-state index is 0.556. The molecule has 2 atom stereocenters. The average Bonchev–Trinajstić information content (AvgIpc) is 2.84. The van der Waals surface area contributed by atoms with Gasteiger partial charge in [0.25, 0.3) is 0 Å². The monoisotopic (exact) mass is 290 g/mol. The van der Waals surface area contributed by atoms with Crippen LogP contribution in [0.3, 0.4) is 0 Å². The van der Waals surface area contributed by atoms with Gasteiger partial charge >= 0.3 is 0 Å². The Morgan fingerprint density at radius 3 is 2.71 bits per heavy atom. The van der Waals surface area contributed by atoms with Crippen LogP contribution in [0.4, 0.5) is 5.95 Å². The van der Waals surface area contributed by atoms with Crippen LogP contribution in [0, 0.1) is 0 Å². The molecule has 2 fully saturated rings. The van der Waals surface area contributed by atoms with Crippen LogP contribution in [-0.4, -0.2) is 41.2 Å². The molecule has 5 nitrogen and oxygen atoms in total. The Morgan fingerprint density at radius 1 is 1.29 bits per heavy atom. The number of anilines is 1. The maximum Gasteiger partial charge on any atom is 0.228 e. The summed E-state index contributed by atoms with van der Waals surface area (Å²) in [6.45, 7) is 5.85. The van der Waals surface area contributed by atoms with Crippen LogP contribution in [0.5, 0.6) is 5.88 Å². The third kappa shape index (κ3) is 3.28. The fraction of sp³-hybridized carbons (Fsp3) is 0.750. The van der Waals surface area contributed by atoms with E-state index in [1.807, 2.05) is 19.2 Å². The summed E-state index contributed by atoms with van der Waals surface area (Å²) in [7, 11) is 0. The first kappa shape index (κ1) is 14.6. The first-order valence-electron chi connectivity index (χ1n) is 8.28. The summed E-state index contributed by atoms with van der Waals surface area (Å²) in [5, 5.41) is 3.71. The van der Waals surface area contributed by atoms with E-state index in [-0.39, 0.29) is 0 Å². The van der Waals surface area contributed by atoms with Gasteiger partial charge in [0.2, 0.25) is 11.8 Å². The van der Waals surface area contributed by atoms with Gasteiger partial charge in [0.1, 0.15) is 0 Å². The predicted octanol–water partition coefficient (Wildman–Crippen LogP) is 2.37. The minimum absolute atomic E-state index is 0.556. The van der Waals surface area contributed by atoms with Crippen molar-refractivity contribution in [1.29, 1.82) is 0 Å². The van der Waals surface area contributed by atoms with E-state index in [1.54, 1.807) is 0 Å². The molecule has 0 aromatic carbocycles. The molecule has 0 amide bonds. The van der Waals surface area contributed by atoms with E-state index < -0.39 is 0 Å². The topological polar surface area (TPSA) is 50.3 Å². The molecule has 1 aromatic rings. The molecular formula is C16H26N4O. The molecule has 116 valence electrons. The SMILES string of the molecule is CCCN(c1nccc(OCC)n1)C1CC2CCC(C1)N2. The lowest BCUT2D eigenvalue weighted by atomic mass is 9.98. The van der Waals surface area contributed by atoms with Crippen LogP contribution < -0.4 is 15.0 Å². The van der Waals surface area contributed by atoms with Gasteiger partial charge in [-0.15, -0.1) is 0 Å². The number of hydrogen-bond donors (Lipinski definition) is 1. The predicted molar refractivity (Wildman–Crippen MR) is 83.8 cm³/mol. The van der Waals surface area contributed by atoms with Crippen molar-refractivity contribution < 1.29 is 4.74 Å². The van der Waals surface area contributed by atoms with Gasteiger partial charge in [-0.05, 0) is 39.0 Å². The first-order chi connectivity index (χ1) is 10.3. The Bertz CT molecular complexity index is 455. The van der Waals surface area contributed by atoms with E-state index >= 15 is 0 Å². The van der Waals surface area contributed by atoms with Gasteiger partial charge in [-0.25, -0.2) is 4.98 Å². The zero-order chi connectivity index (χ0) is 14.7. The Balaban J connectivity index is 1.78. The quantitative estimate of drug-likeness (QED) is 0.871. The third-order valence-corrected chi connectivity index (χ3v) is 4.52. The lowest BCUT2D eigenvalue weighted by molar-refractivity contribution is 0.322. The molecule has 2 aliphatic rings. The average molecular weight is 290 g/mol. The van der Waals surface area contributed by atoms with E-state index in [0.29, 0.717) is 30.6 Å². The summed E-state index contributed by atoms with van der Waals surface area (Å²) in [5.41, 5.74) is 0. The van der Waals surface area contributed by atoms with Gasteiger partial charge in [0.05, 0.1) is 6.61 Å². The molecule has 2 unspecified atom stereocenters. The highest BCUT2D eigenvalue weighted by molar-refractivity contribution is 5.34. The second kappa shape index (κ2) is 6.60. The Kier molecular flexibility index (Phi) is 4.58. The molecule has 2 aliphatic heterocycles. The van der Waals surface area contributed by atoms with E-state index in [9.17, 15) is 0 Å². The Labute approximate surface area is 127 Å². The molecule has 1 N–H and O–H groups in total. The lowest BCUT2D eigenvalue weighted by Crippen LogP contribution is -2.49. The molecule has 0 radical (unpaired) electrons. The zero-order valence-electron chi connectivity index (χ0n) is 13.1. The summed E-state index contributed by atoms with van der Waals surface area (Å²) in [6.07, 6.45) is 7.98. The molecule has 2 bridgehead atoms. The fourth-order valence-electron chi connectivity index (χ4n) is 3.67. The van der Waals surface area contributed by atoms with Crippen molar-refractivity contribution >= 4 is 5.95 Å². The normalized spacial score (nSPS) is 27.6. The van der Waals surface area contributed by atoms with E-state index in [4.69, 9.17) is 4.74 Å². The molecule has 5 heteroatoms. The van der Waals surface area contributed by atoms with Crippen molar-refractivity contribution in [2.75, 3.05) is 18.1 Å². The highest BCUT2D eigenvalue weighted by Gasteiger charge is 2.36. The Hall–Kier alpha value is -1.36. The maximum atomic E-state index is 5.53. The van der Waals surface area contributed by atoms with Crippen molar-refractivity contribution in [2.24, 2.45) is 0 Å². The van der Waals surface area contributed by atoms with Crippen LogP contribution in [0.25, 0.3) is 0 Å². The highest BCUT2D eigenvalue weighted by Crippen LogP contribution is 2.31. The van der Waals surface area contributed by atoms with E-state index in [0.717, 1.165) is 18.9 Å². The molecule has 0 aliphatic carbocycles. The van der Waals surface area contributed by atoms with Gasteiger partial charge in [0, 0.05) is 36.9 Å². The van der Waals surface area contributed by atoms with Crippen molar-refractivity contribution in [1.82, 2.24) is 15.3 Å². The number of nitrogens with one attached hydrogen (secondary N) is 1. The van der Waals surface area contributed by atoms with Gasteiger partial charge in [-0.3, -0.25) is 0 Å². The maximum absolute atomic E-state index is 5.53. The second-order valence-corrected chi connectivity index (χ2v) is 6.08. The van der Waals surface area contributed by atoms with Crippen molar-refractivity contribution in [2.45, 2.75) is 64.1 Å². The van der Waals surface area contributed by atoms with Crippen LogP contribution in [0.1, 0.15) is 46.0 Å². The molecular weight excluding hydrogens is 264 g/mol. The summed E-state index contributed by atoms with van der Waals surface area (Å²) < 4.78 is 5.53. The van der Waals surface area contributed by atoms with Gasteiger partial charge in [-0.1, -0.05) is 6.92 Å².